The van der Waals surface area contributed by atoms with Crippen molar-refractivity contribution in [3.8, 4) is 0 Å². The van der Waals surface area contributed by atoms with Crippen LogP contribution in [-0.4, -0.2) is 35.0 Å². The number of amides is 2. The average molecular weight is 237 g/mol. The molecule has 1 saturated heterocycles. The number of hydrogen-bond acceptors (Lipinski definition) is 4. The van der Waals surface area contributed by atoms with Crippen molar-refractivity contribution >= 4 is 11.8 Å². The Morgan fingerprint density at radius 3 is 2.59 bits per heavy atom. The molecule has 2 rings (SSSR count). The van der Waals surface area contributed by atoms with Crippen LogP contribution in [0.3, 0.4) is 0 Å². The Balaban J connectivity index is 1.93. The molecular formula is C11H15N3O3. The van der Waals surface area contributed by atoms with Crippen LogP contribution in [0.5, 0.6) is 0 Å². The highest BCUT2D eigenvalue weighted by molar-refractivity contribution is 5.84. The summed E-state index contributed by atoms with van der Waals surface area (Å²) >= 11 is 0. The molecule has 1 aromatic rings. The normalized spacial score (nSPS) is 15.8. The van der Waals surface area contributed by atoms with E-state index in [2.05, 4.69) is 5.16 Å². The number of rotatable bonds is 3. The number of aryl methyl sites for hydroxylation is 2. The highest BCUT2D eigenvalue weighted by atomic mass is 16.5. The highest BCUT2D eigenvalue weighted by Crippen LogP contribution is 2.19. The number of primary amides is 1. The molecule has 2 amide bonds. The number of nitrogens with two attached hydrogens (primary N) is 1. The second-order valence-electron chi connectivity index (χ2n) is 4.38. The van der Waals surface area contributed by atoms with Crippen molar-refractivity contribution in [1.29, 1.82) is 0 Å². The summed E-state index contributed by atoms with van der Waals surface area (Å²) in [5.74, 6) is 0.120. The van der Waals surface area contributed by atoms with Crippen LogP contribution in [0.2, 0.25) is 0 Å². The van der Waals surface area contributed by atoms with Gasteiger partial charge in [0.2, 0.25) is 11.8 Å². The lowest BCUT2D eigenvalue weighted by Gasteiger charge is -2.37. The van der Waals surface area contributed by atoms with Crippen LogP contribution < -0.4 is 5.73 Å². The Morgan fingerprint density at radius 2 is 2.12 bits per heavy atom. The van der Waals surface area contributed by atoms with Gasteiger partial charge in [0.15, 0.2) is 0 Å². The standard InChI is InChI=1S/C11H15N3O3/c1-6-9(7(2)17-13-6)3-10(15)14-4-8(5-14)11(12)16/h8H,3-5H2,1-2H3,(H2,12,16). The van der Waals surface area contributed by atoms with E-state index in [0.29, 0.717) is 18.8 Å². The molecule has 17 heavy (non-hydrogen) atoms. The number of aromatic nitrogens is 1. The smallest absolute Gasteiger partial charge is 0.227 e. The maximum Gasteiger partial charge on any atom is 0.227 e. The van der Waals surface area contributed by atoms with Crippen LogP contribution in [0.4, 0.5) is 0 Å². The third-order valence-electron chi connectivity index (χ3n) is 3.15. The topological polar surface area (TPSA) is 89.4 Å². The lowest BCUT2D eigenvalue weighted by atomic mass is 9.98. The van der Waals surface area contributed by atoms with Gasteiger partial charge in [-0.1, -0.05) is 5.16 Å². The Hall–Kier alpha value is -1.85. The second-order valence-corrected chi connectivity index (χ2v) is 4.38. The second kappa shape index (κ2) is 4.20. The van der Waals surface area contributed by atoms with Gasteiger partial charge in [-0.15, -0.1) is 0 Å². The maximum atomic E-state index is 11.9. The van der Waals surface area contributed by atoms with Crippen LogP contribution in [0.15, 0.2) is 4.52 Å². The number of likely N-dealkylation sites (tertiary alicyclic amines) is 1. The fourth-order valence-corrected chi connectivity index (χ4v) is 1.88. The number of carbonyl (C=O) groups excluding carboxylic acids is 2. The van der Waals surface area contributed by atoms with E-state index in [1.807, 2.05) is 0 Å². The first-order valence-electron chi connectivity index (χ1n) is 5.48. The summed E-state index contributed by atoms with van der Waals surface area (Å²) < 4.78 is 4.99. The molecule has 1 aromatic heterocycles. The summed E-state index contributed by atoms with van der Waals surface area (Å²) in [6, 6.07) is 0. The largest absolute Gasteiger partial charge is 0.369 e. The van der Waals surface area contributed by atoms with E-state index in [-0.39, 0.29) is 24.2 Å². The van der Waals surface area contributed by atoms with Crippen molar-refractivity contribution in [2.24, 2.45) is 11.7 Å². The monoisotopic (exact) mass is 237 g/mol. The minimum Gasteiger partial charge on any atom is -0.369 e. The summed E-state index contributed by atoms with van der Waals surface area (Å²) in [5.41, 5.74) is 6.71. The molecule has 0 atom stereocenters. The first kappa shape index (κ1) is 11.6. The van der Waals surface area contributed by atoms with E-state index in [9.17, 15) is 9.59 Å². The fraction of sp³-hybridized carbons (Fsp3) is 0.545. The third kappa shape index (κ3) is 2.15. The zero-order valence-corrected chi connectivity index (χ0v) is 9.90. The summed E-state index contributed by atoms with van der Waals surface area (Å²) in [6.07, 6.45) is 0.270. The lowest BCUT2D eigenvalue weighted by Crippen LogP contribution is -2.55. The minimum atomic E-state index is -0.341. The number of hydrogen-bond donors (Lipinski definition) is 1. The molecule has 0 bridgehead atoms. The molecule has 1 aliphatic rings. The molecule has 0 saturated carbocycles. The summed E-state index contributed by atoms with van der Waals surface area (Å²) in [4.78, 5) is 24.3. The van der Waals surface area contributed by atoms with E-state index in [0.717, 1.165) is 11.3 Å². The zero-order chi connectivity index (χ0) is 12.6. The SMILES string of the molecule is Cc1noc(C)c1CC(=O)N1CC(C(N)=O)C1. The van der Waals surface area contributed by atoms with Gasteiger partial charge in [-0.25, -0.2) is 0 Å². The van der Waals surface area contributed by atoms with Crippen molar-refractivity contribution < 1.29 is 14.1 Å². The van der Waals surface area contributed by atoms with Crippen molar-refractivity contribution in [3.63, 3.8) is 0 Å². The Bertz CT molecular complexity index is 441. The molecule has 0 radical (unpaired) electrons. The van der Waals surface area contributed by atoms with Crippen LogP contribution in [-0.2, 0) is 16.0 Å². The Labute approximate surface area is 98.7 Å². The zero-order valence-electron chi connectivity index (χ0n) is 9.90. The van der Waals surface area contributed by atoms with E-state index in [1.54, 1.807) is 18.7 Å². The quantitative estimate of drug-likeness (QED) is 0.786. The Morgan fingerprint density at radius 1 is 1.47 bits per heavy atom. The van der Waals surface area contributed by atoms with E-state index < -0.39 is 0 Å². The van der Waals surface area contributed by atoms with Gasteiger partial charge in [-0.2, -0.15) is 0 Å². The van der Waals surface area contributed by atoms with Gasteiger partial charge >= 0.3 is 0 Å². The summed E-state index contributed by atoms with van der Waals surface area (Å²) in [6.45, 7) is 4.45. The molecule has 0 unspecified atom stereocenters. The van der Waals surface area contributed by atoms with E-state index in [1.165, 1.54) is 0 Å². The summed E-state index contributed by atoms with van der Waals surface area (Å²) in [7, 11) is 0. The molecule has 6 nitrogen and oxygen atoms in total. The molecule has 6 heteroatoms. The molecule has 2 N–H and O–H groups in total. The lowest BCUT2D eigenvalue weighted by molar-refractivity contribution is -0.141. The van der Waals surface area contributed by atoms with Crippen LogP contribution in [0, 0.1) is 19.8 Å². The molecule has 92 valence electrons. The van der Waals surface area contributed by atoms with Crippen molar-refractivity contribution in [2.45, 2.75) is 20.3 Å². The third-order valence-corrected chi connectivity index (χ3v) is 3.15. The van der Waals surface area contributed by atoms with Gasteiger partial charge in [-0.3, -0.25) is 9.59 Å². The predicted octanol–water partition coefficient (Wildman–Crippen LogP) is -0.222. The molecule has 2 heterocycles. The molecule has 1 aliphatic heterocycles. The van der Waals surface area contributed by atoms with Crippen LogP contribution >= 0.6 is 0 Å². The van der Waals surface area contributed by atoms with Crippen molar-refractivity contribution in [2.75, 3.05) is 13.1 Å². The summed E-state index contributed by atoms with van der Waals surface area (Å²) in [5, 5.41) is 3.80. The van der Waals surface area contributed by atoms with Gasteiger partial charge < -0.3 is 15.2 Å². The van der Waals surface area contributed by atoms with Crippen LogP contribution in [0.1, 0.15) is 17.0 Å². The number of carbonyl (C=O) groups is 2. The van der Waals surface area contributed by atoms with Crippen LogP contribution in [0.25, 0.3) is 0 Å². The first-order chi connectivity index (χ1) is 7.99. The molecular weight excluding hydrogens is 222 g/mol. The fourth-order valence-electron chi connectivity index (χ4n) is 1.88. The minimum absolute atomic E-state index is 0.0168. The van der Waals surface area contributed by atoms with Crippen molar-refractivity contribution in [3.05, 3.63) is 17.0 Å². The van der Waals surface area contributed by atoms with E-state index >= 15 is 0 Å². The first-order valence-corrected chi connectivity index (χ1v) is 5.48. The highest BCUT2D eigenvalue weighted by Gasteiger charge is 2.34. The van der Waals surface area contributed by atoms with Gasteiger partial charge in [0, 0.05) is 18.7 Å². The average Bonchev–Trinajstić information content (AvgIpc) is 2.46. The number of nitrogens with zero attached hydrogens (tertiary/aromatic N) is 2. The van der Waals surface area contributed by atoms with Crippen molar-refractivity contribution in [1.82, 2.24) is 10.1 Å². The molecule has 0 aromatic carbocycles. The van der Waals surface area contributed by atoms with Gasteiger partial charge in [0.25, 0.3) is 0 Å². The van der Waals surface area contributed by atoms with E-state index in [4.69, 9.17) is 10.3 Å². The van der Waals surface area contributed by atoms with Gasteiger partial charge in [0.05, 0.1) is 18.0 Å². The Kier molecular flexibility index (Phi) is 2.87. The molecule has 1 fully saturated rings. The predicted molar refractivity (Wildman–Crippen MR) is 58.9 cm³/mol. The molecule has 0 aliphatic carbocycles. The maximum absolute atomic E-state index is 11.9. The molecule has 0 spiro atoms. The van der Waals surface area contributed by atoms with Gasteiger partial charge in [-0.05, 0) is 13.8 Å². The van der Waals surface area contributed by atoms with Gasteiger partial charge in [0.1, 0.15) is 5.76 Å².